The number of benzene rings is 3. The van der Waals surface area contributed by atoms with Gasteiger partial charge in [0.05, 0.1) is 5.30 Å². The lowest BCUT2D eigenvalue weighted by molar-refractivity contribution is 0.101. The van der Waals surface area contributed by atoms with Gasteiger partial charge >= 0.3 is 7.60 Å². The van der Waals surface area contributed by atoms with Crippen LogP contribution in [-0.4, -0.2) is 42.6 Å². The standard InChI is InChI=1S/C24H13Cl4N2O9P/c25-19(31)10-1-11(20(26)32)4-14(3-10)23(35)29-16-7-17(9-18(8-16)40(37,38)39)30-24(36)15-5-12(21(27)33)2-13(6-15)22(28)34/h1-9H,(H,29,35)(H,30,36)(H2,37,38,39). The molecule has 206 valence electrons. The smallest absolute Gasteiger partial charge is 0.322 e. The molecule has 3 aromatic rings. The van der Waals surface area contributed by atoms with E-state index in [0.717, 1.165) is 54.6 Å². The third-order valence-corrected chi connectivity index (χ3v) is 6.87. The van der Waals surface area contributed by atoms with Crippen LogP contribution in [0.15, 0.2) is 54.6 Å². The van der Waals surface area contributed by atoms with Gasteiger partial charge in [0.2, 0.25) is 0 Å². The highest BCUT2D eigenvalue weighted by Crippen LogP contribution is 2.35. The third kappa shape index (κ3) is 7.83. The van der Waals surface area contributed by atoms with E-state index in [2.05, 4.69) is 10.6 Å². The fraction of sp³-hybridized carbons (Fsp3) is 0. The minimum Gasteiger partial charge on any atom is -0.322 e. The van der Waals surface area contributed by atoms with E-state index in [0.29, 0.717) is 0 Å². The zero-order chi connectivity index (χ0) is 29.9. The van der Waals surface area contributed by atoms with Crippen LogP contribution in [0.2, 0.25) is 0 Å². The summed E-state index contributed by atoms with van der Waals surface area (Å²) in [6.45, 7) is 0. The Balaban J connectivity index is 2.01. The molecule has 40 heavy (non-hydrogen) atoms. The van der Waals surface area contributed by atoms with Crippen LogP contribution in [-0.2, 0) is 4.57 Å². The second-order valence-corrected chi connectivity index (χ2v) is 10.9. The van der Waals surface area contributed by atoms with Crippen molar-refractivity contribution in [3.05, 3.63) is 88.0 Å². The van der Waals surface area contributed by atoms with Crippen LogP contribution in [0.3, 0.4) is 0 Å². The SMILES string of the molecule is O=C(Cl)c1cc(C(=O)Cl)cc(C(=O)Nc2cc(NC(=O)c3cc(C(=O)Cl)cc(C(=O)Cl)c3)cc(P(=O)(O)O)c2)c1. The topological polar surface area (TPSA) is 184 Å². The van der Waals surface area contributed by atoms with Crippen molar-refractivity contribution in [2.45, 2.75) is 0 Å². The average Bonchev–Trinajstić information content (AvgIpc) is 2.87. The molecular weight excluding hydrogens is 633 g/mol. The molecule has 4 N–H and O–H groups in total. The summed E-state index contributed by atoms with van der Waals surface area (Å²) in [5.41, 5.74) is -1.81. The van der Waals surface area contributed by atoms with Gasteiger partial charge in [-0.1, -0.05) is 0 Å². The highest BCUT2D eigenvalue weighted by atomic mass is 35.5. The maximum atomic E-state index is 12.9. The van der Waals surface area contributed by atoms with Crippen LogP contribution >= 0.6 is 54.0 Å². The number of carbonyl (C=O) groups excluding carboxylic acids is 6. The Morgan fingerprint density at radius 3 is 1.02 bits per heavy atom. The Bertz CT molecular complexity index is 1500. The van der Waals surface area contributed by atoms with Crippen molar-refractivity contribution in [3.8, 4) is 0 Å². The Kier molecular flexibility index (Phi) is 9.65. The van der Waals surface area contributed by atoms with Crippen molar-refractivity contribution in [1.29, 1.82) is 0 Å². The van der Waals surface area contributed by atoms with Gasteiger partial charge in [0.1, 0.15) is 0 Å². The van der Waals surface area contributed by atoms with Crippen LogP contribution in [0, 0.1) is 0 Å². The van der Waals surface area contributed by atoms with Crippen LogP contribution in [0.4, 0.5) is 11.4 Å². The predicted molar refractivity (Wildman–Crippen MR) is 148 cm³/mol. The van der Waals surface area contributed by atoms with E-state index in [1.165, 1.54) is 0 Å². The Morgan fingerprint density at radius 1 is 0.500 bits per heavy atom. The third-order valence-electron chi connectivity index (χ3n) is 5.07. The molecule has 0 radical (unpaired) electrons. The molecule has 0 heterocycles. The van der Waals surface area contributed by atoms with Crippen LogP contribution in [0.1, 0.15) is 62.1 Å². The first kappa shape index (κ1) is 31.1. The van der Waals surface area contributed by atoms with Crippen molar-refractivity contribution >= 4 is 103 Å². The van der Waals surface area contributed by atoms with E-state index < -0.39 is 45.7 Å². The number of carbonyl (C=O) groups is 6. The molecular formula is C24H13Cl4N2O9P. The number of nitrogens with one attached hydrogen (secondary N) is 2. The minimum atomic E-state index is -4.94. The summed E-state index contributed by atoms with van der Waals surface area (Å²) in [6, 6.07) is 9.36. The molecule has 0 aliphatic carbocycles. The van der Waals surface area contributed by atoms with Crippen molar-refractivity contribution in [3.63, 3.8) is 0 Å². The fourth-order valence-electron chi connectivity index (χ4n) is 3.30. The van der Waals surface area contributed by atoms with E-state index in [9.17, 15) is 43.1 Å². The summed E-state index contributed by atoms with van der Waals surface area (Å²) in [6.07, 6.45) is 0. The molecule has 0 aliphatic rings. The van der Waals surface area contributed by atoms with Gasteiger partial charge in [-0.25, -0.2) is 0 Å². The summed E-state index contributed by atoms with van der Waals surface area (Å²) in [4.78, 5) is 91.6. The first-order valence-electron chi connectivity index (χ1n) is 10.5. The summed E-state index contributed by atoms with van der Waals surface area (Å²) in [7, 11) is -4.94. The number of amides is 2. The Morgan fingerprint density at radius 2 is 0.775 bits per heavy atom. The molecule has 2 amide bonds. The maximum Gasteiger partial charge on any atom is 0.356 e. The molecule has 0 aliphatic heterocycles. The monoisotopic (exact) mass is 644 g/mol. The summed E-state index contributed by atoms with van der Waals surface area (Å²) < 4.78 is 12.0. The van der Waals surface area contributed by atoms with Gasteiger partial charge in [0, 0.05) is 44.8 Å². The van der Waals surface area contributed by atoms with Gasteiger partial charge in [0.15, 0.2) is 0 Å². The first-order valence-corrected chi connectivity index (χ1v) is 13.6. The lowest BCUT2D eigenvalue weighted by Crippen LogP contribution is -2.18. The quantitative estimate of drug-likeness (QED) is 0.192. The molecule has 11 nitrogen and oxygen atoms in total. The highest BCUT2D eigenvalue weighted by Gasteiger charge is 2.22. The largest absolute Gasteiger partial charge is 0.356 e. The normalized spacial score (nSPS) is 10.9. The molecule has 0 aromatic heterocycles. The number of hydrogen-bond donors (Lipinski definition) is 4. The number of anilines is 2. The molecule has 16 heteroatoms. The molecule has 0 atom stereocenters. The molecule has 0 bridgehead atoms. The maximum absolute atomic E-state index is 12.9. The van der Waals surface area contributed by atoms with Crippen molar-refractivity contribution in [2.75, 3.05) is 10.6 Å². The number of hydrogen-bond acceptors (Lipinski definition) is 7. The minimum absolute atomic E-state index is 0.219. The molecule has 0 saturated carbocycles. The molecule has 0 fully saturated rings. The average molecular weight is 646 g/mol. The van der Waals surface area contributed by atoms with Crippen molar-refractivity contribution in [1.82, 2.24) is 0 Å². The molecule has 0 unspecified atom stereocenters. The fourth-order valence-corrected chi connectivity index (χ4v) is 4.35. The van der Waals surface area contributed by atoms with E-state index in [1.807, 2.05) is 0 Å². The molecule has 0 saturated heterocycles. The molecule has 3 aromatic carbocycles. The second-order valence-electron chi connectivity index (χ2n) is 7.91. The van der Waals surface area contributed by atoms with E-state index in [-0.39, 0.29) is 44.8 Å². The van der Waals surface area contributed by atoms with Crippen LogP contribution < -0.4 is 15.9 Å². The van der Waals surface area contributed by atoms with Gasteiger partial charge in [-0.3, -0.25) is 33.3 Å². The summed E-state index contributed by atoms with van der Waals surface area (Å²) >= 11 is 21.8. The lowest BCUT2D eigenvalue weighted by Gasteiger charge is -2.14. The lowest BCUT2D eigenvalue weighted by atomic mass is 10.1. The summed E-state index contributed by atoms with van der Waals surface area (Å²) in [5, 5.41) is 0.128. The predicted octanol–water partition coefficient (Wildman–Crippen LogP) is 4.51. The zero-order valence-corrected chi connectivity index (χ0v) is 23.3. The van der Waals surface area contributed by atoms with Crippen molar-refractivity contribution < 1.29 is 43.1 Å². The number of rotatable bonds is 9. The van der Waals surface area contributed by atoms with Gasteiger partial charge in [0.25, 0.3) is 32.8 Å². The van der Waals surface area contributed by atoms with Crippen LogP contribution in [0.25, 0.3) is 0 Å². The molecule has 0 spiro atoms. The van der Waals surface area contributed by atoms with Gasteiger partial charge in [-0.15, -0.1) is 0 Å². The van der Waals surface area contributed by atoms with E-state index in [4.69, 9.17) is 46.4 Å². The zero-order valence-electron chi connectivity index (χ0n) is 19.4. The van der Waals surface area contributed by atoms with E-state index >= 15 is 0 Å². The Labute approximate surface area is 244 Å². The second kappa shape index (κ2) is 12.4. The van der Waals surface area contributed by atoms with Gasteiger partial charge in [-0.2, -0.15) is 0 Å². The van der Waals surface area contributed by atoms with Gasteiger partial charge < -0.3 is 20.4 Å². The van der Waals surface area contributed by atoms with Gasteiger partial charge in [-0.05, 0) is 101 Å². The Hall–Kier alpha value is -3.41. The van der Waals surface area contributed by atoms with E-state index in [1.54, 1.807) is 0 Å². The molecule has 3 rings (SSSR count). The highest BCUT2D eigenvalue weighted by molar-refractivity contribution is 7.60. The first-order chi connectivity index (χ1) is 18.5. The number of halogens is 4. The van der Waals surface area contributed by atoms with Crippen molar-refractivity contribution in [2.24, 2.45) is 0 Å². The van der Waals surface area contributed by atoms with Crippen LogP contribution in [0.5, 0.6) is 0 Å². The summed E-state index contributed by atoms with van der Waals surface area (Å²) in [5.74, 6) is -1.87.